The highest BCUT2D eigenvalue weighted by atomic mass is 35.5. The third-order valence-electron chi connectivity index (χ3n) is 7.10. The summed E-state index contributed by atoms with van der Waals surface area (Å²) in [5.74, 6) is -0.189. The van der Waals surface area contributed by atoms with Gasteiger partial charge in [0.25, 0.3) is 5.91 Å². The highest BCUT2D eigenvalue weighted by Crippen LogP contribution is 2.40. The van der Waals surface area contributed by atoms with Crippen molar-refractivity contribution in [2.24, 2.45) is 11.3 Å². The topological polar surface area (TPSA) is 109 Å². The van der Waals surface area contributed by atoms with Gasteiger partial charge in [0.1, 0.15) is 11.4 Å². The van der Waals surface area contributed by atoms with Crippen molar-refractivity contribution in [2.45, 2.75) is 77.0 Å². The van der Waals surface area contributed by atoms with Crippen molar-refractivity contribution in [2.75, 3.05) is 5.32 Å². The molecule has 3 N–H and O–H groups in total. The minimum absolute atomic E-state index is 0.0984. The monoisotopic (exact) mass is 471 g/mol. The Bertz CT molecular complexity index is 1110. The lowest BCUT2D eigenvalue weighted by atomic mass is 9.85. The molecule has 0 radical (unpaired) electrons. The first-order valence-electron chi connectivity index (χ1n) is 11.7. The van der Waals surface area contributed by atoms with E-state index in [1.54, 1.807) is 6.20 Å². The Morgan fingerprint density at radius 3 is 2.76 bits per heavy atom. The maximum atomic E-state index is 13.0. The number of anilines is 1. The fraction of sp³-hybridized carbons (Fsp3) is 0.583. The first kappa shape index (κ1) is 22.3. The first-order valence-corrected chi connectivity index (χ1v) is 12.1. The van der Waals surface area contributed by atoms with Crippen molar-refractivity contribution >= 4 is 29.2 Å². The molecule has 8 nitrogen and oxygen atoms in total. The molecule has 2 aromatic rings. The van der Waals surface area contributed by atoms with E-state index in [-0.39, 0.29) is 29.2 Å². The van der Waals surface area contributed by atoms with Gasteiger partial charge in [-0.25, -0.2) is 4.98 Å². The van der Waals surface area contributed by atoms with Crippen molar-refractivity contribution in [3.05, 3.63) is 29.2 Å². The zero-order chi connectivity index (χ0) is 23.4. The smallest absolute Gasteiger partial charge is 0.252 e. The summed E-state index contributed by atoms with van der Waals surface area (Å²) in [5.41, 5.74) is 1.89. The molecule has 2 aliphatic carbocycles. The molecule has 1 aliphatic heterocycles. The molecule has 2 saturated carbocycles. The Morgan fingerprint density at radius 1 is 1.21 bits per heavy atom. The normalized spacial score (nSPS) is 24.7. The number of aliphatic hydroxyl groups is 1. The van der Waals surface area contributed by atoms with E-state index in [9.17, 15) is 14.7 Å². The van der Waals surface area contributed by atoms with Crippen LogP contribution in [0.2, 0.25) is 5.02 Å². The number of nitrogens with one attached hydrogen (secondary N) is 2. The summed E-state index contributed by atoms with van der Waals surface area (Å²) < 4.78 is 2.03. The molecule has 2 amide bonds. The lowest BCUT2D eigenvalue weighted by molar-refractivity contribution is -0.133. The van der Waals surface area contributed by atoms with Gasteiger partial charge in [-0.15, -0.1) is 0 Å². The van der Waals surface area contributed by atoms with Gasteiger partial charge >= 0.3 is 0 Å². The molecule has 0 saturated heterocycles. The van der Waals surface area contributed by atoms with E-state index in [1.165, 1.54) is 0 Å². The van der Waals surface area contributed by atoms with Gasteiger partial charge in [0.2, 0.25) is 5.91 Å². The van der Waals surface area contributed by atoms with Gasteiger partial charge in [-0.05, 0) is 50.0 Å². The zero-order valence-electron chi connectivity index (χ0n) is 19.0. The molecular weight excluding hydrogens is 442 g/mol. The van der Waals surface area contributed by atoms with Gasteiger partial charge in [0.15, 0.2) is 0 Å². The Morgan fingerprint density at radius 2 is 2.00 bits per heavy atom. The fourth-order valence-corrected chi connectivity index (χ4v) is 5.24. The first-order chi connectivity index (χ1) is 15.6. The molecule has 3 aliphatic rings. The van der Waals surface area contributed by atoms with Gasteiger partial charge in [-0.1, -0.05) is 31.9 Å². The number of pyridine rings is 1. The average Bonchev–Trinajstić information content (AvgIpc) is 3.30. The molecular formula is C24H30ClN5O3. The van der Waals surface area contributed by atoms with Gasteiger partial charge in [-0.2, -0.15) is 5.10 Å². The molecule has 5 rings (SSSR count). The second-order valence-corrected chi connectivity index (χ2v) is 11.0. The van der Waals surface area contributed by atoms with E-state index >= 15 is 0 Å². The van der Waals surface area contributed by atoms with Crippen LogP contribution >= 0.6 is 11.6 Å². The molecule has 0 spiro atoms. The van der Waals surface area contributed by atoms with E-state index < -0.39 is 5.60 Å². The Hall–Kier alpha value is -2.45. The number of carbonyl (C=O) groups is 2. The molecule has 33 heavy (non-hydrogen) atoms. The number of hydrogen-bond donors (Lipinski definition) is 3. The van der Waals surface area contributed by atoms with Gasteiger partial charge in [-0.3, -0.25) is 14.3 Å². The van der Waals surface area contributed by atoms with Crippen molar-refractivity contribution in [3.8, 4) is 11.1 Å². The number of carbonyl (C=O) groups excluding carboxylic acids is 2. The number of nitrogens with zero attached hydrogens (tertiary/aromatic N) is 3. The van der Waals surface area contributed by atoms with Crippen molar-refractivity contribution in [1.82, 2.24) is 20.1 Å². The predicted molar refractivity (Wildman–Crippen MR) is 125 cm³/mol. The third kappa shape index (κ3) is 4.51. The van der Waals surface area contributed by atoms with Crippen LogP contribution in [0.5, 0.6) is 0 Å². The van der Waals surface area contributed by atoms with Crippen LogP contribution in [0.15, 0.2) is 18.5 Å². The molecule has 0 bridgehead atoms. The van der Waals surface area contributed by atoms with Crippen molar-refractivity contribution in [1.29, 1.82) is 0 Å². The molecule has 2 aromatic heterocycles. The van der Waals surface area contributed by atoms with Crippen molar-refractivity contribution in [3.63, 3.8) is 0 Å². The Labute approximate surface area is 198 Å². The molecule has 0 unspecified atom stereocenters. The lowest BCUT2D eigenvalue weighted by Gasteiger charge is -2.29. The average molecular weight is 472 g/mol. The second-order valence-electron chi connectivity index (χ2n) is 10.6. The number of halogens is 1. The number of aromatic nitrogens is 3. The van der Waals surface area contributed by atoms with Crippen molar-refractivity contribution < 1.29 is 14.7 Å². The minimum Gasteiger partial charge on any atom is -0.380 e. The molecule has 176 valence electrons. The highest BCUT2D eigenvalue weighted by Gasteiger charge is 2.48. The van der Waals surface area contributed by atoms with Gasteiger partial charge in [0.05, 0.1) is 11.2 Å². The summed E-state index contributed by atoms with van der Waals surface area (Å²) in [4.78, 5) is 29.5. The summed E-state index contributed by atoms with van der Waals surface area (Å²) in [6, 6.07) is 1.72. The van der Waals surface area contributed by atoms with Crippen LogP contribution < -0.4 is 10.6 Å². The Balaban J connectivity index is 1.27. The zero-order valence-corrected chi connectivity index (χ0v) is 19.8. The summed E-state index contributed by atoms with van der Waals surface area (Å²) in [6.07, 6.45) is 8.31. The van der Waals surface area contributed by atoms with Gasteiger partial charge in [0, 0.05) is 41.5 Å². The van der Waals surface area contributed by atoms with Crippen LogP contribution in [0.1, 0.15) is 58.1 Å². The largest absolute Gasteiger partial charge is 0.380 e. The number of hydrogen-bond acceptors (Lipinski definition) is 5. The SMILES string of the molecule is CC1(C)Cc2c(-c3cc(NC(=O)[C@@H]4CCC[C@H](NC(=O)C5(O)CC5)C4)ncc3Cl)cnn2C1. The molecule has 2 atom stereocenters. The molecule has 9 heteroatoms. The number of amides is 2. The molecule has 3 heterocycles. The lowest BCUT2D eigenvalue weighted by Crippen LogP contribution is -2.45. The van der Waals surface area contributed by atoms with E-state index in [4.69, 9.17) is 11.6 Å². The van der Waals surface area contributed by atoms with Crippen LogP contribution in [0.4, 0.5) is 5.82 Å². The van der Waals surface area contributed by atoms with Gasteiger partial charge < -0.3 is 15.7 Å². The van der Waals surface area contributed by atoms with Crippen LogP contribution in [-0.2, 0) is 22.6 Å². The summed E-state index contributed by atoms with van der Waals surface area (Å²) in [6.45, 7) is 5.30. The number of fused-ring (bicyclic) bond motifs is 1. The number of rotatable bonds is 5. The minimum atomic E-state index is -1.19. The maximum Gasteiger partial charge on any atom is 0.252 e. The standard InChI is InChI=1S/C24H30ClN5O3/c1-23(2)10-19-17(11-27-30(19)13-23)16-9-20(26-12-18(16)25)29-21(31)14-4-3-5-15(8-14)28-22(32)24(33)6-7-24/h9,11-12,14-15,33H,3-8,10,13H2,1-2H3,(H,28,32)(H,26,29,31)/t14-,15+/m1/s1. The summed E-state index contributed by atoms with van der Waals surface area (Å²) in [7, 11) is 0. The third-order valence-corrected chi connectivity index (χ3v) is 7.40. The summed E-state index contributed by atoms with van der Waals surface area (Å²) in [5, 5.41) is 20.9. The van der Waals surface area contributed by atoms with E-state index in [2.05, 4.69) is 34.6 Å². The quantitative estimate of drug-likeness (QED) is 0.619. The molecule has 2 fully saturated rings. The second kappa shape index (κ2) is 8.09. The van der Waals surface area contributed by atoms with Crippen LogP contribution in [-0.4, -0.2) is 43.3 Å². The molecule has 0 aromatic carbocycles. The van der Waals surface area contributed by atoms with E-state index in [0.717, 1.165) is 49.0 Å². The van der Waals surface area contributed by atoms with Crippen LogP contribution in [0.3, 0.4) is 0 Å². The maximum absolute atomic E-state index is 13.0. The highest BCUT2D eigenvalue weighted by molar-refractivity contribution is 6.33. The van der Waals surface area contributed by atoms with E-state index in [1.807, 2.05) is 16.9 Å². The van der Waals surface area contributed by atoms with Crippen LogP contribution in [0.25, 0.3) is 11.1 Å². The van der Waals surface area contributed by atoms with E-state index in [0.29, 0.717) is 30.1 Å². The predicted octanol–water partition coefficient (Wildman–Crippen LogP) is 3.32. The summed E-state index contributed by atoms with van der Waals surface area (Å²) >= 11 is 6.48. The fourth-order valence-electron chi connectivity index (χ4n) is 5.04. The Kier molecular flexibility index (Phi) is 5.48. The van der Waals surface area contributed by atoms with Crippen LogP contribution in [0, 0.1) is 11.3 Å².